The third-order valence-electron chi connectivity index (χ3n) is 4.60. The van der Waals surface area contributed by atoms with E-state index in [1.807, 2.05) is 0 Å². The van der Waals surface area contributed by atoms with Crippen molar-refractivity contribution in [2.45, 2.75) is 12.8 Å². The Morgan fingerprint density at radius 2 is 1.86 bits per heavy atom. The van der Waals surface area contributed by atoms with Crippen LogP contribution in [0, 0.1) is 11.7 Å². The fraction of sp³-hybridized carbons (Fsp3) is 0.250. The van der Waals surface area contributed by atoms with Gasteiger partial charge in [-0.1, -0.05) is 41.4 Å². The smallest absolute Gasteiger partial charge is 0.255 e. The fourth-order valence-corrected chi connectivity index (χ4v) is 3.50. The normalized spacial score (nSPS) is 15.0. The maximum absolute atomic E-state index is 13.5. The van der Waals surface area contributed by atoms with Crippen molar-refractivity contribution in [2.75, 3.05) is 13.1 Å². The van der Waals surface area contributed by atoms with Gasteiger partial charge in [-0.3, -0.25) is 9.59 Å². The maximum Gasteiger partial charge on any atom is 0.255 e. The molecule has 0 bridgehead atoms. The van der Waals surface area contributed by atoms with E-state index in [2.05, 4.69) is 10.5 Å². The first-order chi connectivity index (χ1) is 13.5. The molecule has 2 aromatic carbocycles. The molecule has 1 fully saturated rings. The molecule has 2 aromatic rings. The Morgan fingerprint density at radius 1 is 1.14 bits per heavy atom. The lowest BCUT2D eigenvalue weighted by atomic mass is 9.95. The van der Waals surface area contributed by atoms with Crippen LogP contribution >= 0.6 is 23.2 Å². The number of hydrogen-bond donors (Lipinski definition) is 1. The largest absolute Gasteiger partial charge is 0.339 e. The van der Waals surface area contributed by atoms with E-state index in [0.717, 1.165) is 0 Å². The minimum absolute atomic E-state index is 0.182. The lowest BCUT2D eigenvalue weighted by Crippen LogP contribution is -2.42. The summed E-state index contributed by atoms with van der Waals surface area (Å²) in [6.07, 6.45) is 2.30. The van der Waals surface area contributed by atoms with Gasteiger partial charge < -0.3 is 4.90 Å². The number of hydrazone groups is 1. The third kappa shape index (κ3) is 4.88. The topological polar surface area (TPSA) is 61.8 Å². The van der Waals surface area contributed by atoms with Crippen LogP contribution < -0.4 is 5.43 Å². The van der Waals surface area contributed by atoms with Crippen molar-refractivity contribution >= 4 is 41.2 Å². The summed E-state index contributed by atoms with van der Waals surface area (Å²) in [6.45, 7) is 0.875. The number of likely N-dealkylation sites (tertiary alicyclic amines) is 1. The summed E-state index contributed by atoms with van der Waals surface area (Å²) in [5.41, 5.74) is 3.13. The van der Waals surface area contributed by atoms with E-state index in [4.69, 9.17) is 23.2 Å². The Kier molecular flexibility index (Phi) is 6.65. The van der Waals surface area contributed by atoms with Crippen molar-refractivity contribution in [3.63, 3.8) is 0 Å². The second kappa shape index (κ2) is 9.17. The molecule has 0 unspecified atom stereocenters. The molecule has 1 heterocycles. The van der Waals surface area contributed by atoms with Gasteiger partial charge >= 0.3 is 0 Å². The Bertz CT molecular complexity index is 912. The molecule has 0 aromatic heterocycles. The van der Waals surface area contributed by atoms with Crippen LogP contribution in [0.1, 0.15) is 28.8 Å². The van der Waals surface area contributed by atoms with Crippen LogP contribution in [0.3, 0.4) is 0 Å². The number of nitrogens with zero attached hydrogens (tertiary/aromatic N) is 2. The van der Waals surface area contributed by atoms with E-state index >= 15 is 0 Å². The van der Waals surface area contributed by atoms with Crippen LogP contribution in [-0.2, 0) is 4.79 Å². The van der Waals surface area contributed by atoms with Gasteiger partial charge in [0.1, 0.15) is 5.82 Å². The highest BCUT2D eigenvalue weighted by Gasteiger charge is 2.28. The zero-order valence-electron chi connectivity index (χ0n) is 14.9. The highest BCUT2D eigenvalue weighted by Crippen LogP contribution is 2.25. The van der Waals surface area contributed by atoms with Crippen LogP contribution in [-0.4, -0.2) is 36.0 Å². The highest BCUT2D eigenvalue weighted by atomic mass is 35.5. The summed E-state index contributed by atoms with van der Waals surface area (Å²) in [5.74, 6) is -1.10. The number of amides is 2. The lowest BCUT2D eigenvalue weighted by Gasteiger charge is -2.31. The van der Waals surface area contributed by atoms with Crippen LogP contribution in [0.4, 0.5) is 4.39 Å². The first-order valence-corrected chi connectivity index (χ1v) is 9.53. The minimum Gasteiger partial charge on any atom is -0.339 e. The molecule has 146 valence electrons. The van der Waals surface area contributed by atoms with E-state index in [1.54, 1.807) is 35.2 Å². The van der Waals surface area contributed by atoms with Crippen LogP contribution in [0.25, 0.3) is 0 Å². The average Bonchev–Trinajstić information content (AvgIpc) is 2.69. The molecule has 1 saturated heterocycles. The van der Waals surface area contributed by atoms with Crippen molar-refractivity contribution < 1.29 is 14.0 Å². The zero-order chi connectivity index (χ0) is 20.1. The molecule has 0 atom stereocenters. The number of benzene rings is 2. The lowest BCUT2D eigenvalue weighted by molar-refractivity contribution is -0.126. The number of carbonyl (C=O) groups excluding carboxylic acids is 2. The van der Waals surface area contributed by atoms with Gasteiger partial charge in [0.25, 0.3) is 5.91 Å². The van der Waals surface area contributed by atoms with Crippen LogP contribution in [0.2, 0.25) is 10.0 Å². The quantitative estimate of drug-likeness (QED) is 0.595. The second-order valence-corrected chi connectivity index (χ2v) is 7.29. The predicted octanol–water partition coefficient (Wildman–Crippen LogP) is 4.14. The van der Waals surface area contributed by atoms with Gasteiger partial charge in [-0.25, -0.2) is 9.82 Å². The molecule has 8 heteroatoms. The first kappa shape index (κ1) is 20.3. The Labute approximate surface area is 172 Å². The van der Waals surface area contributed by atoms with E-state index in [-0.39, 0.29) is 17.7 Å². The predicted molar refractivity (Wildman–Crippen MR) is 107 cm³/mol. The Balaban J connectivity index is 1.52. The SMILES string of the molecule is O=C(N/N=C\c1ccccc1F)C1CCN(C(=O)c2ccc(Cl)cc2Cl)CC1. The summed E-state index contributed by atoms with van der Waals surface area (Å²) in [4.78, 5) is 26.5. The van der Waals surface area contributed by atoms with Gasteiger partial charge in [0.15, 0.2) is 0 Å². The van der Waals surface area contributed by atoms with E-state index in [1.165, 1.54) is 18.3 Å². The van der Waals surface area contributed by atoms with E-state index in [0.29, 0.717) is 47.1 Å². The van der Waals surface area contributed by atoms with Gasteiger partial charge in [-0.05, 0) is 37.1 Å². The number of nitrogens with one attached hydrogen (secondary N) is 1. The maximum atomic E-state index is 13.5. The highest BCUT2D eigenvalue weighted by molar-refractivity contribution is 6.36. The van der Waals surface area contributed by atoms with Gasteiger partial charge in [-0.15, -0.1) is 0 Å². The molecular formula is C20H18Cl2FN3O2. The molecule has 2 amide bonds. The molecule has 1 N–H and O–H groups in total. The number of halogens is 3. The van der Waals surface area contributed by atoms with Crippen molar-refractivity contribution in [1.82, 2.24) is 10.3 Å². The molecule has 1 aliphatic rings. The first-order valence-electron chi connectivity index (χ1n) is 8.77. The molecule has 5 nitrogen and oxygen atoms in total. The van der Waals surface area contributed by atoms with Gasteiger partial charge in [0, 0.05) is 29.6 Å². The van der Waals surface area contributed by atoms with Gasteiger partial charge in [-0.2, -0.15) is 5.10 Å². The number of hydrogen-bond acceptors (Lipinski definition) is 3. The summed E-state index contributed by atoms with van der Waals surface area (Å²) < 4.78 is 13.5. The molecule has 0 spiro atoms. The minimum atomic E-state index is -0.409. The van der Waals surface area contributed by atoms with E-state index in [9.17, 15) is 14.0 Å². The summed E-state index contributed by atoms with van der Waals surface area (Å²) in [7, 11) is 0. The van der Waals surface area contributed by atoms with Crippen molar-refractivity contribution in [1.29, 1.82) is 0 Å². The number of rotatable bonds is 4. The summed E-state index contributed by atoms with van der Waals surface area (Å²) in [5, 5.41) is 4.60. The summed E-state index contributed by atoms with van der Waals surface area (Å²) in [6, 6.07) is 10.9. The van der Waals surface area contributed by atoms with Gasteiger partial charge in [0.2, 0.25) is 5.91 Å². The number of piperidine rings is 1. The fourth-order valence-electron chi connectivity index (χ4n) is 3.01. The average molecular weight is 422 g/mol. The molecule has 3 rings (SSSR count). The molecule has 1 aliphatic heterocycles. The standard InChI is InChI=1S/C20H18Cl2FN3O2/c21-15-5-6-16(17(22)11-15)20(28)26-9-7-13(8-10-26)19(27)25-24-12-14-3-1-2-4-18(14)23/h1-6,11-13H,7-10H2,(H,25,27)/b24-12-. The zero-order valence-corrected chi connectivity index (χ0v) is 16.4. The number of carbonyl (C=O) groups is 2. The van der Waals surface area contributed by atoms with Gasteiger partial charge in [0.05, 0.1) is 16.8 Å². The molecule has 0 radical (unpaired) electrons. The molecular weight excluding hydrogens is 404 g/mol. The molecule has 0 aliphatic carbocycles. The molecule has 0 saturated carbocycles. The monoisotopic (exact) mass is 421 g/mol. The van der Waals surface area contributed by atoms with E-state index < -0.39 is 5.82 Å². The molecule has 28 heavy (non-hydrogen) atoms. The third-order valence-corrected chi connectivity index (χ3v) is 5.15. The van der Waals surface area contributed by atoms with Crippen LogP contribution in [0.15, 0.2) is 47.6 Å². The van der Waals surface area contributed by atoms with Crippen molar-refractivity contribution in [3.8, 4) is 0 Å². The second-order valence-electron chi connectivity index (χ2n) is 6.45. The summed E-state index contributed by atoms with van der Waals surface area (Å²) >= 11 is 12.0. The van der Waals surface area contributed by atoms with Crippen molar-refractivity contribution in [3.05, 3.63) is 69.5 Å². The Morgan fingerprint density at radius 3 is 2.54 bits per heavy atom. The Hall–Kier alpha value is -2.44. The van der Waals surface area contributed by atoms with Crippen LogP contribution in [0.5, 0.6) is 0 Å². The van der Waals surface area contributed by atoms with Crippen molar-refractivity contribution in [2.24, 2.45) is 11.0 Å².